The van der Waals surface area contributed by atoms with Crippen LogP contribution in [0.25, 0.3) is 0 Å². The number of nitrogens with zero attached hydrogens (tertiary/aromatic N) is 1. The van der Waals surface area contributed by atoms with Gasteiger partial charge in [-0.25, -0.2) is 9.59 Å². The molecule has 1 fully saturated rings. The van der Waals surface area contributed by atoms with E-state index in [0.29, 0.717) is 13.0 Å². The van der Waals surface area contributed by atoms with Gasteiger partial charge in [0.05, 0.1) is 7.11 Å². The van der Waals surface area contributed by atoms with Crippen molar-refractivity contribution in [2.45, 2.75) is 31.9 Å². The largest absolute Gasteiger partial charge is 0.462 e. The Hall–Kier alpha value is -2.37. The van der Waals surface area contributed by atoms with Crippen molar-refractivity contribution in [3.8, 4) is 0 Å². The van der Waals surface area contributed by atoms with E-state index in [4.69, 9.17) is 4.74 Å². The molecular formula is C16H19NO5. The van der Waals surface area contributed by atoms with Crippen LogP contribution < -0.4 is 0 Å². The number of esters is 2. The fourth-order valence-electron chi connectivity index (χ4n) is 2.45. The van der Waals surface area contributed by atoms with Crippen LogP contribution in [0.4, 0.5) is 0 Å². The molecule has 22 heavy (non-hydrogen) atoms. The standard InChI is InChI=1S/C16H19NO5/c1-21-16(20)14(18)17-10-6-5-9-13(17)15(19)22-11-12-7-3-2-4-8-12/h2-4,7-8,13H,5-6,9-11H2,1H3/t13-/m1/s1. The molecule has 0 spiro atoms. The molecular weight excluding hydrogens is 286 g/mol. The van der Waals surface area contributed by atoms with Crippen LogP contribution in [-0.4, -0.2) is 42.4 Å². The average Bonchev–Trinajstić information content (AvgIpc) is 2.59. The second-order valence-corrected chi connectivity index (χ2v) is 5.10. The second-order valence-electron chi connectivity index (χ2n) is 5.10. The maximum absolute atomic E-state index is 12.2. The summed E-state index contributed by atoms with van der Waals surface area (Å²) >= 11 is 0. The van der Waals surface area contributed by atoms with Crippen LogP contribution >= 0.6 is 0 Å². The highest BCUT2D eigenvalue weighted by Gasteiger charge is 2.36. The van der Waals surface area contributed by atoms with Gasteiger partial charge in [-0.2, -0.15) is 0 Å². The number of rotatable bonds is 3. The van der Waals surface area contributed by atoms with Gasteiger partial charge < -0.3 is 14.4 Å². The summed E-state index contributed by atoms with van der Waals surface area (Å²) in [7, 11) is 1.15. The van der Waals surface area contributed by atoms with E-state index in [0.717, 1.165) is 25.5 Å². The van der Waals surface area contributed by atoms with Gasteiger partial charge >= 0.3 is 17.8 Å². The van der Waals surface area contributed by atoms with Gasteiger partial charge in [-0.1, -0.05) is 30.3 Å². The molecule has 1 atom stereocenters. The van der Waals surface area contributed by atoms with Gasteiger partial charge in [0.15, 0.2) is 0 Å². The Morgan fingerprint density at radius 1 is 1.18 bits per heavy atom. The predicted molar refractivity (Wildman–Crippen MR) is 77.6 cm³/mol. The molecule has 1 heterocycles. The quantitative estimate of drug-likeness (QED) is 0.621. The molecule has 6 heteroatoms. The van der Waals surface area contributed by atoms with E-state index in [1.807, 2.05) is 30.3 Å². The van der Waals surface area contributed by atoms with Gasteiger partial charge in [0.2, 0.25) is 0 Å². The molecule has 0 unspecified atom stereocenters. The van der Waals surface area contributed by atoms with Crippen LogP contribution in [0.15, 0.2) is 30.3 Å². The Balaban J connectivity index is 1.99. The van der Waals surface area contributed by atoms with Crippen LogP contribution in [-0.2, 0) is 30.5 Å². The van der Waals surface area contributed by atoms with Gasteiger partial charge in [-0.3, -0.25) is 4.79 Å². The zero-order chi connectivity index (χ0) is 15.9. The van der Waals surface area contributed by atoms with Crippen molar-refractivity contribution in [2.24, 2.45) is 0 Å². The Morgan fingerprint density at radius 2 is 1.91 bits per heavy atom. The second kappa shape index (κ2) is 7.59. The molecule has 6 nitrogen and oxygen atoms in total. The van der Waals surface area contributed by atoms with E-state index >= 15 is 0 Å². The zero-order valence-electron chi connectivity index (χ0n) is 12.5. The maximum Gasteiger partial charge on any atom is 0.396 e. The predicted octanol–water partition coefficient (Wildman–Crippen LogP) is 1.28. The number of benzene rings is 1. The van der Waals surface area contributed by atoms with E-state index in [1.54, 1.807) is 0 Å². The van der Waals surface area contributed by atoms with E-state index in [-0.39, 0.29) is 6.61 Å². The molecule has 1 aliphatic rings. The fourth-order valence-corrected chi connectivity index (χ4v) is 2.45. The first-order chi connectivity index (χ1) is 10.6. The number of carbonyl (C=O) groups excluding carboxylic acids is 3. The molecule has 1 saturated heterocycles. The molecule has 0 radical (unpaired) electrons. The number of ether oxygens (including phenoxy) is 2. The molecule has 1 aliphatic heterocycles. The Morgan fingerprint density at radius 3 is 2.59 bits per heavy atom. The number of piperidine rings is 1. The van der Waals surface area contributed by atoms with Crippen molar-refractivity contribution in [3.05, 3.63) is 35.9 Å². The minimum atomic E-state index is -0.956. The highest BCUT2D eigenvalue weighted by Crippen LogP contribution is 2.19. The third-order valence-corrected chi connectivity index (χ3v) is 3.62. The molecule has 1 amide bonds. The third kappa shape index (κ3) is 3.84. The van der Waals surface area contributed by atoms with E-state index in [1.165, 1.54) is 4.90 Å². The van der Waals surface area contributed by atoms with Crippen molar-refractivity contribution < 1.29 is 23.9 Å². The van der Waals surface area contributed by atoms with Crippen LogP contribution in [0, 0.1) is 0 Å². The molecule has 1 aromatic carbocycles. The zero-order valence-corrected chi connectivity index (χ0v) is 12.5. The normalized spacial score (nSPS) is 17.7. The third-order valence-electron chi connectivity index (χ3n) is 3.62. The first kappa shape index (κ1) is 16.0. The van der Waals surface area contributed by atoms with E-state index in [9.17, 15) is 14.4 Å². The van der Waals surface area contributed by atoms with Gasteiger partial charge in [-0.15, -0.1) is 0 Å². The van der Waals surface area contributed by atoms with Gasteiger partial charge in [0.25, 0.3) is 0 Å². The SMILES string of the molecule is COC(=O)C(=O)N1CCCC[C@@H]1C(=O)OCc1ccccc1. The van der Waals surface area contributed by atoms with Crippen molar-refractivity contribution >= 4 is 17.8 Å². The fraction of sp³-hybridized carbons (Fsp3) is 0.438. The first-order valence-corrected chi connectivity index (χ1v) is 7.23. The van der Waals surface area contributed by atoms with Gasteiger partial charge in [-0.05, 0) is 24.8 Å². The Labute approximate surface area is 129 Å². The number of methoxy groups -OCH3 is 1. The lowest BCUT2D eigenvalue weighted by atomic mass is 10.0. The van der Waals surface area contributed by atoms with E-state index in [2.05, 4.69) is 4.74 Å². The Kier molecular flexibility index (Phi) is 5.52. The minimum Gasteiger partial charge on any atom is -0.462 e. The summed E-state index contributed by atoms with van der Waals surface area (Å²) in [5, 5.41) is 0. The van der Waals surface area contributed by atoms with Crippen molar-refractivity contribution in [1.29, 1.82) is 0 Å². The lowest BCUT2D eigenvalue weighted by Gasteiger charge is -2.33. The highest BCUT2D eigenvalue weighted by molar-refractivity contribution is 6.32. The molecule has 118 valence electrons. The summed E-state index contributed by atoms with van der Waals surface area (Å²) in [4.78, 5) is 36.8. The van der Waals surface area contributed by atoms with Gasteiger partial charge in [0, 0.05) is 6.54 Å². The summed E-state index contributed by atoms with van der Waals surface area (Å²) < 4.78 is 9.72. The minimum absolute atomic E-state index is 0.149. The molecule has 0 saturated carbocycles. The van der Waals surface area contributed by atoms with Crippen LogP contribution in [0.3, 0.4) is 0 Å². The first-order valence-electron chi connectivity index (χ1n) is 7.23. The molecule has 1 aromatic rings. The number of likely N-dealkylation sites (tertiary alicyclic amines) is 1. The average molecular weight is 305 g/mol. The van der Waals surface area contributed by atoms with Gasteiger partial charge in [0.1, 0.15) is 12.6 Å². The molecule has 0 N–H and O–H groups in total. The van der Waals surface area contributed by atoms with Crippen molar-refractivity contribution in [3.63, 3.8) is 0 Å². The van der Waals surface area contributed by atoms with Crippen LogP contribution in [0.1, 0.15) is 24.8 Å². The molecule has 0 aliphatic carbocycles. The lowest BCUT2D eigenvalue weighted by molar-refractivity contribution is -0.166. The summed E-state index contributed by atoms with van der Waals surface area (Å²) in [6.45, 7) is 0.509. The smallest absolute Gasteiger partial charge is 0.396 e. The molecule has 0 aromatic heterocycles. The highest BCUT2D eigenvalue weighted by atomic mass is 16.5. The topological polar surface area (TPSA) is 72.9 Å². The molecule has 2 rings (SSSR count). The monoisotopic (exact) mass is 305 g/mol. The van der Waals surface area contributed by atoms with Crippen LogP contribution in [0.2, 0.25) is 0 Å². The summed E-state index contributed by atoms with van der Waals surface area (Å²) in [6.07, 6.45) is 2.07. The Bertz CT molecular complexity index is 543. The summed E-state index contributed by atoms with van der Waals surface area (Å²) in [6, 6.07) is 8.58. The van der Waals surface area contributed by atoms with Crippen molar-refractivity contribution in [2.75, 3.05) is 13.7 Å². The van der Waals surface area contributed by atoms with Crippen molar-refractivity contribution in [1.82, 2.24) is 4.90 Å². The van der Waals surface area contributed by atoms with E-state index < -0.39 is 23.9 Å². The lowest BCUT2D eigenvalue weighted by Crippen LogP contribution is -2.51. The van der Waals surface area contributed by atoms with Crippen LogP contribution in [0.5, 0.6) is 0 Å². The number of hydrogen-bond donors (Lipinski definition) is 0. The summed E-state index contributed by atoms with van der Waals surface area (Å²) in [5.74, 6) is -2.23. The molecule has 0 bridgehead atoms. The number of hydrogen-bond acceptors (Lipinski definition) is 5. The summed E-state index contributed by atoms with van der Waals surface area (Å²) in [5.41, 5.74) is 0.873. The number of amides is 1. The number of carbonyl (C=O) groups is 3. The maximum atomic E-state index is 12.2.